The zero-order valence-corrected chi connectivity index (χ0v) is 18.8. The first-order valence-corrected chi connectivity index (χ1v) is 9.33. The van der Waals surface area contributed by atoms with Gasteiger partial charge in [-0.25, -0.2) is 4.99 Å². The Morgan fingerprint density at radius 2 is 1.85 bits per heavy atom. The molecule has 0 saturated carbocycles. The van der Waals surface area contributed by atoms with Crippen molar-refractivity contribution in [2.75, 3.05) is 45.9 Å². The Labute approximate surface area is 182 Å². The number of hydrogen-bond acceptors (Lipinski definition) is 4. The number of carbonyl (C=O) groups is 1. The average Bonchev–Trinajstić information content (AvgIpc) is 2.65. The number of aliphatic imine (C=N–C) groups is 1. The van der Waals surface area contributed by atoms with E-state index in [4.69, 9.17) is 26.1 Å². The normalized spacial score (nSPS) is 16.6. The lowest BCUT2D eigenvalue weighted by Crippen LogP contribution is -2.53. The first-order valence-electron chi connectivity index (χ1n) is 8.95. The van der Waals surface area contributed by atoms with Crippen LogP contribution in [0.1, 0.15) is 19.4 Å². The molecule has 1 aromatic rings. The van der Waals surface area contributed by atoms with E-state index in [1.165, 1.54) is 0 Å². The van der Waals surface area contributed by atoms with Gasteiger partial charge in [-0.15, -0.1) is 24.0 Å². The zero-order chi connectivity index (χ0) is 18.5. The number of amides is 1. The number of nitrogens with one attached hydrogen (secondary N) is 1. The van der Waals surface area contributed by atoms with Crippen molar-refractivity contribution in [3.63, 3.8) is 0 Å². The highest BCUT2D eigenvalue weighted by atomic mass is 127. The summed E-state index contributed by atoms with van der Waals surface area (Å²) in [5.41, 5.74) is 0.969. The van der Waals surface area contributed by atoms with Gasteiger partial charge in [-0.05, 0) is 24.6 Å². The molecule has 1 fully saturated rings. The fourth-order valence-corrected chi connectivity index (χ4v) is 3.37. The molecule has 0 unspecified atom stereocenters. The fraction of sp³-hybridized carbons (Fsp3) is 0.556. The van der Waals surface area contributed by atoms with Crippen LogP contribution >= 0.6 is 35.6 Å². The fourth-order valence-electron chi connectivity index (χ4n) is 3.08. The average molecular weight is 509 g/mol. The van der Waals surface area contributed by atoms with Gasteiger partial charge in [0.25, 0.3) is 0 Å². The molecule has 2 aliphatic rings. The second-order valence-electron chi connectivity index (χ2n) is 6.27. The first-order chi connectivity index (χ1) is 12.6. The molecule has 1 saturated heterocycles. The zero-order valence-electron chi connectivity index (χ0n) is 15.7. The van der Waals surface area contributed by atoms with Gasteiger partial charge in [0.15, 0.2) is 17.5 Å². The van der Waals surface area contributed by atoms with E-state index in [1.54, 1.807) is 6.92 Å². The smallest absolute Gasteiger partial charge is 0.219 e. The van der Waals surface area contributed by atoms with Gasteiger partial charge in [0.2, 0.25) is 5.91 Å². The number of guanidine groups is 1. The highest BCUT2D eigenvalue weighted by Gasteiger charge is 2.21. The summed E-state index contributed by atoms with van der Waals surface area (Å²) < 4.78 is 11.2. The van der Waals surface area contributed by atoms with Gasteiger partial charge < -0.3 is 24.6 Å². The predicted octanol–water partition coefficient (Wildman–Crippen LogP) is 2.36. The van der Waals surface area contributed by atoms with Gasteiger partial charge in [-0.3, -0.25) is 4.79 Å². The first kappa shape index (κ1) is 21.9. The van der Waals surface area contributed by atoms with Gasteiger partial charge >= 0.3 is 0 Å². The molecule has 0 aromatic heterocycles. The van der Waals surface area contributed by atoms with Crippen LogP contribution in [0.4, 0.5) is 0 Å². The second-order valence-corrected chi connectivity index (χ2v) is 6.67. The number of fused-ring (bicyclic) bond motifs is 1. The van der Waals surface area contributed by atoms with Crippen LogP contribution in [0.25, 0.3) is 0 Å². The summed E-state index contributed by atoms with van der Waals surface area (Å²) in [7, 11) is 0. The molecule has 27 heavy (non-hydrogen) atoms. The van der Waals surface area contributed by atoms with E-state index in [9.17, 15) is 4.79 Å². The van der Waals surface area contributed by atoms with Crippen LogP contribution in [-0.4, -0.2) is 67.6 Å². The van der Waals surface area contributed by atoms with Gasteiger partial charge in [-0.1, -0.05) is 11.6 Å². The van der Waals surface area contributed by atoms with E-state index in [0.717, 1.165) is 44.2 Å². The summed E-state index contributed by atoms with van der Waals surface area (Å²) in [6, 6.07) is 3.80. The van der Waals surface area contributed by atoms with Crippen molar-refractivity contribution in [3.8, 4) is 11.5 Å². The molecule has 9 heteroatoms. The van der Waals surface area contributed by atoms with Gasteiger partial charge in [0, 0.05) is 39.6 Å². The van der Waals surface area contributed by atoms with Crippen molar-refractivity contribution in [1.82, 2.24) is 15.1 Å². The molecule has 7 nitrogen and oxygen atoms in total. The third-order valence-corrected chi connectivity index (χ3v) is 4.71. The van der Waals surface area contributed by atoms with Gasteiger partial charge in [-0.2, -0.15) is 0 Å². The number of benzene rings is 1. The van der Waals surface area contributed by atoms with E-state index in [1.807, 2.05) is 24.0 Å². The van der Waals surface area contributed by atoms with E-state index < -0.39 is 0 Å². The Bertz CT molecular complexity index is 693. The molecule has 1 amide bonds. The summed E-state index contributed by atoms with van der Waals surface area (Å²) in [6.07, 6.45) is 0. The van der Waals surface area contributed by atoms with Crippen LogP contribution in [0.3, 0.4) is 0 Å². The quantitative estimate of drug-likeness (QED) is 0.386. The van der Waals surface area contributed by atoms with Crippen molar-refractivity contribution in [1.29, 1.82) is 0 Å². The maximum atomic E-state index is 11.5. The van der Waals surface area contributed by atoms with E-state index >= 15 is 0 Å². The van der Waals surface area contributed by atoms with E-state index in [0.29, 0.717) is 36.3 Å². The molecule has 150 valence electrons. The van der Waals surface area contributed by atoms with Crippen molar-refractivity contribution in [2.45, 2.75) is 20.4 Å². The third-order valence-electron chi connectivity index (χ3n) is 4.43. The Kier molecular flexibility index (Phi) is 8.28. The molecule has 0 bridgehead atoms. The summed E-state index contributed by atoms with van der Waals surface area (Å²) in [6.45, 7) is 8.95. The maximum absolute atomic E-state index is 11.5. The largest absolute Gasteiger partial charge is 0.486 e. The Balaban J connectivity index is 0.00000261. The number of nitrogens with zero attached hydrogens (tertiary/aromatic N) is 3. The SMILES string of the molecule is CCNC(=NCc1cc(Cl)c2c(c1)OCCO2)N1CCN(C(C)=O)CC1.I. The molecule has 0 aliphatic carbocycles. The molecule has 3 rings (SSSR count). The Morgan fingerprint density at radius 1 is 1.19 bits per heavy atom. The van der Waals surface area contributed by atoms with Crippen molar-refractivity contribution in [2.24, 2.45) is 4.99 Å². The van der Waals surface area contributed by atoms with E-state index in [2.05, 4.69) is 10.2 Å². The lowest BCUT2D eigenvalue weighted by atomic mass is 10.2. The van der Waals surface area contributed by atoms with Crippen LogP contribution in [0.15, 0.2) is 17.1 Å². The highest BCUT2D eigenvalue weighted by molar-refractivity contribution is 14.0. The van der Waals surface area contributed by atoms with Crippen molar-refractivity contribution < 1.29 is 14.3 Å². The topological polar surface area (TPSA) is 66.4 Å². The number of halogens is 2. The molecule has 2 heterocycles. The molecule has 0 radical (unpaired) electrons. The van der Waals surface area contributed by atoms with Crippen LogP contribution in [0.5, 0.6) is 11.5 Å². The number of rotatable bonds is 3. The number of carbonyl (C=O) groups excluding carboxylic acids is 1. The Hall–Kier alpha value is -1.42. The molecule has 1 N–H and O–H groups in total. The summed E-state index contributed by atoms with van der Waals surface area (Å²) in [4.78, 5) is 20.3. The van der Waals surface area contributed by atoms with Crippen LogP contribution in [-0.2, 0) is 11.3 Å². The Morgan fingerprint density at radius 3 is 2.52 bits per heavy atom. The van der Waals surface area contributed by atoms with Crippen LogP contribution in [0.2, 0.25) is 5.02 Å². The number of hydrogen-bond donors (Lipinski definition) is 1. The molecule has 1 aromatic carbocycles. The lowest BCUT2D eigenvalue weighted by Gasteiger charge is -2.36. The minimum atomic E-state index is 0. The van der Waals surface area contributed by atoms with Gasteiger partial charge in [0.05, 0.1) is 11.6 Å². The second kappa shape index (κ2) is 10.2. The van der Waals surface area contributed by atoms with Crippen molar-refractivity contribution >= 4 is 47.4 Å². The number of ether oxygens (including phenoxy) is 2. The highest BCUT2D eigenvalue weighted by Crippen LogP contribution is 2.38. The summed E-state index contributed by atoms with van der Waals surface area (Å²) in [5, 5.41) is 3.88. The minimum Gasteiger partial charge on any atom is -0.486 e. The predicted molar refractivity (Wildman–Crippen MR) is 116 cm³/mol. The van der Waals surface area contributed by atoms with Crippen LogP contribution < -0.4 is 14.8 Å². The number of piperazine rings is 1. The summed E-state index contributed by atoms with van der Waals surface area (Å²) in [5.74, 6) is 2.26. The monoisotopic (exact) mass is 508 g/mol. The molecule has 0 atom stereocenters. The van der Waals surface area contributed by atoms with Gasteiger partial charge in [0.1, 0.15) is 13.2 Å². The van der Waals surface area contributed by atoms with Crippen molar-refractivity contribution in [3.05, 3.63) is 22.7 Å². The molecular weight excluding hydrogens is 483 g/mol. The van der Waals surface area contributed by atoms with Crippen LogP contribution in [0, 0.1) is 0 Å². The maximum Gasteiger partial charge on any atom is 0.219 e. The standard InChI is InChI=1S/C18H25ClN4O3.HI/c1-3-20-18(23-6-4-22(5-7-23)13(2)24)21-12-14-10-15(19)17-16(11-14)25-8-9-26-17;/h10-11H,3-9,12H2,1-2H3,(H,20,21);1H. The molecule has 2 aliphatic heterocycles. The third kappa shape index (κ3) is 5.54. The molecular formula is C18H26ClIN4O3. The minimum absolute atomic E-state index is 0. The summed E-state index contributed by atoms with van der Waals surface area (Å²) >= 11 is 6.30. The lowest BCUT2D eigenvalue weighted by molar-refractivity contribution is -0.130. The molecule has 0 spiro atoms. The van der Waals surface area contributed by atoms with E-state index in [-0.39, 0.29) is 29.9 Å².